The van der Waals surface area contributed by atoms with Crippen LogP contribution in [-0.2, 0) is 21.9 Å². The van der Waals surface area contributed by atoms with E-state index >= 15 is 0 Å². The fourth-order valence-electron chi connectivity index (χ4n) is 3.02. The third-order valence-electron chi connectivity index (χ3n) is 5.01. The molecule has 2 aromatic rings. The zero-order valence-electron chi connectivity index (χ0n) is 19.4. The van der Waals surface area contributed by atoms with E-state index in [1.807, 2.05) is 38.1 Å². The minimum absolute atomic E-state index is 0.0340. The maximum atomic E-state index is 13.1. The van der Waals surface area contributed by atoms with Gasteiger partial charge in [0.1, 0.15) is 11.8 Å². The van der Waals surface area contributed by atoms with Gasteiger partial charge < -0.3 is 15.0 Å². The summed E-state index contributed by atoms with van der Waals surface area (Å²) >= 11 is 1.41. The second-order valence-corrected chi connectivity index (χ2v) is 9.09. The molecule has 2 amide bonds. The molecule has 0 radical (unpaired) electrons. The van der Waals surface area contributed by atoms with Crippen molar-refractivity contribution in [1.29, 1.82) is 0 Å². The van der Waals surface area contributed by atoms with Gasteiger partial charge in [0, 0.05) is 31.0 Å². The van der Waals surface area contributed by atoms with Crippen LogP contribution in [0.25, 0.3) is 0 Å². The number of non-ortho nitro benzene ring substituents is 1. The van der Waals surface area contributed by atoms with Crippen LogP contribution in [0.3, 0.4) is 0 Å². The Morgan fingerprint density at radius 3 is 2.21 bits per heavy atom. The number of carbonyl (C=O) groups is 2. The van der Waals surface area contributed by atoms with E-state index in [1.165, 1.54) is 23.9 Å². The van der Waals surface area contributed by atoms with Gasteiger partial charge in [-0.1, -0.05) is 38.1 Å². The van der Waals surface area contributed by atoms with Gasteiger partial charge >= 0.3 is 0 Å². The summed E-state index contributed by atoms with van der Waals surface area (Å²) in [6.45, 7) is 6.61. The average Bonchev–Trinajstić information content (AvgIpc) is 2.81. The predicted molar refractivity (Wildman–Crippen MR) is 130 cm³/mol. The van der Waals surface area contributed by atoms with E-state index in [1.54, 1.807) is 31.1 Å². The summed E-state index contributed by atoms with van der Waals surface area (Å²) < 4.78 is 5.19. The minimum Gasteiger partial charge on any atom is -0.497 e. The number of amides is 2. The second kappa shape index (κ2) is 12.8. The van der Waals surface area contributed by atoms with Gasteiger partial charge in [-0.2, -0.15) is 0 Å². The number of nitrogens with one attached hydrogen (secondary N) is 1. The number of nitrogens with zero attached hydrogens (tertiary/aromatic N) is 2. The van der Waals surface area contributed by atoms with Crippen LogP contribution in [-0.4, -0.2) is 47.1 Å². The van der Waals surface area contributed by atoms with Crippen molar-refractivity contribution in [2.45, 2.75) is 39.1 Å². The molecule has 0 aliphatic rings. The Labute approximate surface area is 198 Å². The number of nitro groups is 1. The van der Waals surface area contributed by atoms with Gasteiger partial charge in [0.15, 0.2) is 0 Å². The molecule has 0 aliphatic heterocycles. The Hall–Kier alpha value is -3.07. The monoisotopic (exact) mass is 473 g/mol. The van der Waals surface area contributed by atoms with Gasteiger partial charge in [0.25, 0.3) is 5.69 Å². The zero-order chi connectivity index (χ0) is 24.4. The van der Waals surface area contributed by atoms with Crippen molar-refractivity contribution in [3.8, 4) is 5.75 Å². The Morgan fingerprint density at radius 2 is 1.67 bits per heavy atom. The summed E-state index contributed by atoms with van der Waals surface area (Å²) in [4.78, 5) is 37.7. The van der Waals surface area contributed by atoms with Crippen LogP contribution < -0.4 is 10.1 Å². The molecule has 0 fully saturated rings. The molecule has 0 saturated heterocycles. The lowest BCUT2D eigenvalue weighted by atomic mass is 10.1. The van der Waals surface area contributed by atoms with E-state index < -0.39 is 11.0 Å². The first-order chi connectivity index (χ1) is 15.7. The standard InChI is InChI=1S/C24H31N3O5S/c1-17(2)13-25-24(29)18(3)26(14-19-7-11-22(32-4)12-8-19)23(28)16-33-15-20-5-9-21(10-6-20)27(30)31/h5-12,17-18H,13-16H2,1-4H3,(H,25,29)/t18-/m0/s1. The first kappa shape index (κ1) is 26.2. The molecule has 9 heteroatoms. The average molecular weight is 474 g/mol. The van der Waals surface area contributed by atoms with E-state index in [-0.39, 0.29) is 23.3 Å². The van der Waals surface area contributed by atoms with Crippen molar-refractivity contribution in [2.75, 3.05) is 19.4 Å². The molecular formula is C24H31N3O5S. The summed E-state index contributed by atoms with van der Waals surface area (Å²) in [6, 6.07) is 13.1. The van der Waals surface area contributed by atoms with Crippen LogP contribution in [0.4, 0.5) is 5.69 Å². The molecule has 33 heavy (non-hydrogen) atoms. The smallest absolute Gasteiger partial charge is 0.269 e. The lowest BCUT2D eigenvalue weighted by Gasteiger charge is -2.29. The Balaban J connectivity index is 2.05. The highest BCUT2D eigenvalue weighted by molar-refractivity contribution is 7.99. The van der Waals surface area contributed by atoms with Crippen LogP contribution in [0, 0.1) is 16.0 Å². The number of benzene rings is 2. The molecule has 0 unspecified atom stereocenters. The third kappa shape index (κ3) is 8.42. The normalized spacial score (nSPS) is 11.7. The zero-order valence-corrected chi connectivity index (χ0v) is 20.3. The lowest BCUT2D eigenvalue weighted by Crippen LogP contribution is -2.48. The quantitative estimate of drug-likeness (QED) is 0.369. The minimum atomic E-state index is -0.627. The maximum Gasteiger partial charge on any atom is 0.269 e. The molecule has 2 rings (SSSR count). The van der Waals surface area contributed by atoms with Crippen LogP contribution in [0.15, 0.2) is 48.5 Å². The number of hydrogen-bond donors (Lipinski definition) is 1. The highest BCUT2D eigenvalue weighted by atomic mass is 32.2. The number of carbonyl (C=O) groups excluding carboxylic acids is 2. The topological polar surface area (TPSA) is 102 Å². The number of rotatable bonds is 12. The van der Waals surface area contributed by atoms with E-state index in [4.69, 9.17) is 4.74 Å². The molecule has 0 bridgehead atoms. The summed E-state index contributed by atoms with van der Waals surface area (Å²) in [5.74, 6) is 1.42. The van der Waals surface area contributed by atoms with Crippen molar-refractivity contribution < 1.29 is 19.2 Å². The van der Waals surface area contributed by atoms with Gasteiger partial charge in [0.05, 0.1) is 17.8 Å². The maximum absolute atomic E-state index is 13.1. The molecule has 8 nitrogen and oxygen atoms in total. The highest BCUT2D eigenvalue weighted by Crippen LogP contribution is 2.19. The summed E-state index contributed by atoms with van der Waals surface area (Å²) in [7, 11) is 1.59. The first-order valence-corrected chi connectivity index (χ1v) is 11.9. The second-order valence-electron chi connectivity index (χ2n) is 8.10. The predicted octanol–water partition coefficient (Wildman–Crippen LogP) is 4.03. The number of thioether (sulfide) groups is 1. The van der Waals surface area contributed by atoms with Crippen LogP contribution in [0.1, 0.15) is 31.9 Å². The molecular weight excluding hydrogens is 442 g/mol. The molecule has 178 valence electrons. The van der Waals surface area contributed by atoms with E-state index in [9.17, 15) is 19.7 Å². The fourth-order valence-corrected chi connectivity index (χ4v) is 3.89. The molecule has 0 heterocycles. The SMILES string of the molecule is COc1ccc(CN(C(=O)CSCc2ccc([N+](=O)[O-])cc2)[C@@H](C)C(=O)NCC(C)C)cc1. The number of nitro benzene ring substituents is 1. The van der Waals surface area contributed by atoms with Crippen LogP contribution >= 0.6 is 11.8 Å². The highest BCUT2D eigenvalue weighted by Gasteiger charge is 2.26. The van der Waals surface area contributed by atoms with Gasteiger partial charge in [-0.3, -0.25) is 19.7 Å². The van der Waals surface area contributed by atoms with Crippen molar-refractivity contribution in [3.05, 3.63) is 69.8 Å². The fraction of sp³-hybridized carbons (Fsp3) is 0.417. The van der Waals surface area contributed by atoms with Crippen molar-refractivity contribution in [1.82, 2.24) is 10.2 Å². The lowest BCUT2D eigenvalue weighted by molar-refractivity contribution is -0.384. The first-order valence-electron chi connectivity index (χ1n) is 10.7. The molecule has 0 aromatic heterocycles. The van der Waals surface area contributed by atoms with Gasteiger partial charge in [-0.25, -0.2) is 0 Å². The van der Waals surface area contributed by atoms with E-state index in [0.29, 0.717) is 24.8 Å². The van der Waals surface area contributed by atoms with Crippen molar-refractivity contribution in [2.24, 2.45) is 5.92 Å². The summed E-state index contributed by atoms with van der Waals surface area (Å²) in [6.07, 6.45) is 0. The van der Waals surface area contributed by atoms with Crippen molar-refractivity contribution in [3.63, 3.8) is 0 Å². The number of ether oxygens (including phenoxy) is 1. The molecule has 2 aromatic carbocycles. The molecule has 0 spiro atoms. The number of hydrogen-bond acceptors (Lipinski definition) is 6. The third-order valence-corrected chi connectivity index (χ3v) is 5.99. The van der Waals surface area contributed by atoms with Crippen LogP contribution in [0.5, 0.6) is 5.75 Å². The van der Waals surface area contributed by atoms with Crippen LogP contribution in [0.2, 0.25) is 0 Å². The Kier molecular flexibility index (Phi) is 10.2. The van der Waals surface area contributed by atoms with E-state index in [0.717, 1.165) is 16.9 Å². The van der Waals surface area contributed by atoms with Gasteiger partial charge in [-0.15, -0.1) is 11.8 Å². The summed E-state index contributed by atoms with van der Waals surface area (Å²) in [5, 5.41) is 13.7. The van der Waals surface area contributed by atoms with E-state index in [2.05, 4.69) is 5.32 Å². The van der Waals surface area contributed by atoms with Gasteiger partial charge in [0.2, 0.25) is 11.8 Å². The Morgan fingerprint density at radius 1 is 1.06 bits per heavy atom. The molecule has 0 aliphatic carbocycles. The van der Waals surface area contributed by atoms with Gasteiger partial charge in [-0.05, 0) is 36.1 Å². The molecule has 1 N–H and O–H groups in total. The van der Waals surface area contributed by atoms with Crippen molar-refractivity contribution >= 4 is 29.3 Å². The Bertz CT molecular complexity index is 932. The molecule has 1 atom stereocenters. The summed E-state index contributed by atoms with van der Waals surface area (Å²) in [5.41, 5.74) is 1.82. The molecule has 0 saturated carbocycles. The number of methoxy groups -OCH3 is 1. The largest absolute Gasteiger partial charge is 0.497 e.